The van der Waals surface area contributed by atoms with E-state index in [1.807, 2.05) is 22.7 Å². The second-order valence-corrected chi connectivity index (χ2v) is 8.72. The van der Waals surface area contributed by atoms with Crippen LogP contribution in [-0.4, -0.2) is 64.8 Å². The average Bonchev–Trinajstić information content (AvgIpc) is 3.16. The Labute approximate surface area is 131 Å². The van der Waals surface area contributed by atoms with E-state index in [2.05, 4.69) is 4.98 Å². The molecule has 0 bridgehead atoms. The molecule has 0 radical (unpaired) electrons. The molecule has 1 aromatic rings. The summed E-state index contributed by atoms with van der Waals surface area (Å²) in [5.41, 5.74) is 0. The Balaban J connectivity index is 1.67. The van der Waals surface area contributed by atoms with Gasteiger partial charge in [0.2, 0.25) is 10.0 Å². The molecule has 124 valence electrons. The van der Waals surface area contributed by atoms with E-state index in [1.165, 1.54) is 4.31 Å². The fourth-order valence-corrected chi connectivity index (χ4v) is 4.68. The minimum atomic E-state index is -3.20. The van der Waals surface area contributed by atoms with Gasteiger partial charge in [-0.15, -0.1) is 0 Å². The van der Waals surface area contributed by atoms with Crippen molar-refractivity contribution in [2.24, 2.45) is 7.05 Å². The number of hydrogen-bond acceptors (Lipinski definition) is 4. The summed E-state index contributed by atoms with van der Waals surface area (Å²) < 4.78 is 41.6. The zero-order valence-corrected chi connectivity index (χ0v) is 13.8. The summed E-state index contributed by atoms with van der Waals surface area (Å²) in [6.45, 7) is 1.24. The van der Waals surface area contributed by atoms with Gasteiger partial charge in [0.05, 0.1) is 11.8 Å². The number of nitrogens with zero attached hydrogens (tertiary/aromatic N) is 4. The van der Waals surface area contributed by atoms with Gasteiger partial charge in [0, 0.05) is 45.6 Å². The molecule has 0 N–H and O–H groups in total. The molecule has 8 heteroatoms. The van der Waals surface area contributed by atoms with Crippen LogP contribution in [0.5, 0.6) is 0 Å². The van der Waals surface area contributed by atoms with Gasteiger partial charge < -0.3 is 4.57 Å². The first-order chi connectivity index (χ1) is 10.4. The Bertz CT molecular complexity index is 629. The molecule has 2 heterocycles. The van der Waals surface area contributed by atoms with Gasteiger partial charge in [0.1, 0.15) is 12.0 Å². The highest BCUT2D eigenvalue weighted by Gasteiger charge is 2.41. The topological polar surface area (TPSA) is 58.4 Å². The van der Waals surface area contributed by atoms with Crippen LogP contribution in [0.2, 0.25) is 0 Å². The number of halogens is 1. The average molecular weight is 330 g/mol. The fraction of sp³-hybridized carbons (Fsp3) is 0.786. The Hall–Kier alpha value is -0.990. The summed E-state index contributed by atoms with van der Waals surface area (Å²) in [5, 5.41) is -0.219. The fourth-order valence-electron chi connectivity index (χ4n) is 3.06. The molecule has 6 nitrogen and oxygen atoms in total. The molecular formula is C14H23FN4O2S. The number of likely N-dealkylation sites (N-methyl/N-ethyl adjacent to an activating group) is 1. The maximum Gasteiger partial charge on any atom is 0.216 e. The second-order valence-electron chi connectivity index (χ2n) is 6.40. The molecule has 1 aromatic heterocycles. The molecule has 0 aromatic carbocycles. The maximum atomic E-state index is 13.8. The molecule has 1 aliphatic heterocycles. The van der Waals surface area contributed by atoms with Crippen LogP contribution in [0.3, 0.4) is 0 Å². The zero-order chi connectivity index (χ0) is 15.9. The third kappa shape index (κ3) is 3.18. The number of sulfonamides is 1. The Kier molecular flexibility index (Phi) is 4.26. The SMILES string of the molecule is CN(C[C@@H]1C[C@H](F)CN1Cc1nccn1C)S(=O)(=O)C1CC1. The van der Waals surface area contributed by atoms with Crippen molar-refractivity contribution in [2.75, 3.05) is 20.1 Å². The molecule has 1 aliphatic carbocycles. The molecule has 2 aliphatic rings. The lowest BCUT2D eigenvalue weighted by atomic mass is 10.2. The smallest absolute Gasteiger partial charge is 0.216 e. The minimum absolute atomic E-state index is 0.0924. The zero-order valence-electron chi connectivity index (χ0n) is 13.0. The normalized spacial score (nSPS) is 26.9. The van der Waals surface area contributed by atoms with E-state index >= 15 is 0 Å². The number of imidazole rings is 1. The van der Waals surface area contributed by atoms with Crippen LogP contribution >= 0.6 is 0 Å². The highest BCUT2D eigenvalue weighted by atomic mass is 32.2. The molecule has 2 atom stereocenters. The number of rotatable bonds is 6. The highest BCUT2D eigenvalue weighted by molar-refractivity contribution is 7.90. The molecule has 2 fully saturated rings. The molecule has 0 spiro atoms. The van der Waals surface area contributed by atoms with Crippen molar-refractivity contribution in [3.8, 4) is 0 Å². The molecule has 1 saturated carbocycles. The van der Waals surface area contributed by atoms with E-state index < -0.39 is 16.2 Å². The van der Waals surface area contributed by atoms with Crippen LogP contribution in [0, 0.1) is 0 Å². The van der Waals surface area contributed by atoms with Crippen molar-refractivity contribution in [1.29, 1.82) is 0 Å². The van der Waals surface area contributed by atoms with E-state index in [0.717, 1.165) is 18.7 Å². The van der Waals surface area contributed by atoms with Crippen molar-refractivity contribution in [3.63, 3.8) is 0 Å². The number of likely N-dealkylation sites (tertiary alicyclic amines) is 1. The van der Waals surface area contributed by atoms with Gasteiger partial charge in [-0.05, 0) is 19.3 Å². The second kappa shape index (κ2) is 5.90. The van der Waals surface area contributed by atoms with Crippen LogP contribution in [-0.2, 0) is 23.6 Å². The first kappa shape index (κ1) is 15.9. The van der Waals surface area contributed by atoms with Gasteiger partial charge in [-0.25, -0.2) is 22.1 Å². The van der Waals surface area contributed by atoms with Gasteiger partial charge in [-0.1, -0.05) is 0 Å². The summed E-state index contributed by atoms with van der Waals surface area (Å²) in [5.74, 6) is 0.867. The standard InChI is InChI=1S/C14H23FN4O2S/c1-17-6-5-16-14(17)10-19-8-11(15)7-12(19)9-18(2)22(20,21)13-3-4-13/h5-6,11-13H,3-4,7-10H2,1-2H3/t11-,12-/m0/s1. The van der Waals surface area contributed by atoms with Gasteiger partial charge in [0.15, 0.2) is 0 Å². The number of hydrogen-bond donors (Lipinski definition) is 0. The Morgan fingerprint density at radius 1 is 1.45 bits per heavy atom. The minimum Gasteiger partial charge on any atom is -0.337 e. The Morgan fingerprint density at radius 3 is 2.77 bits per heavy atom. The van der Waals surface area contributed by atoms with E-state index in [1.54, 1.807) is 13.2 Å². The summed E-state index contributed by atoms with van der Waals surface area (Å²) in [4.78, 5) is 6.28. The van der Waals surface area contributed by atoms with E-state index in [4.69, 9.17) is 0 Å². The predicted octanol–water partition coefficient (Wildman–Crippen LogP) is 0.756. The number of aromatic nitrogens is 2. The van der Waals surface area contributed by atoms with Gasteiger partial charge in [0.25, 0.3) is 0 Å². The van der Waals surface area contributed by atoms with Crippen LogP contribution in [0.25, 0.3) is 0 Å². The van der Waals surface area contributed by atoms with Crippen molar-refractivity contribution in [3.05, 3.63) is 18.2 Å². The third-order valence-corrected chi connectivity index (χ3v) is 6.92. The van der Waals surface area contributed by atoms with Crippen molar-refractivity contribution in [2.45, 2.75) is 43.3 Å². The summed E-state index contributed by atoms with van der Waals surface area (Å²) in [6, 6.07) is -0.0924. The summed E-state index contributed by atoms with van der Waals surface area (Å²) in [7, 11) is 0.315. The number of alkyl halides is 1. The van der Waals surface area contributed by atoms with Crippen LogP contribution in [0.15, 0.2) is 12.4 Å². The molecule has 1 saturated heterocycles. The van der Waals surface area contributed by atoms with Crippen LogP contribution in [0.4, 0.5) is 4.39 Å². The first-order valence-corrected chi connectivity index (χ1v) is 9.17. The quantitative estimate of drug-likeness (QED) is 0.773. The first-order valence-electron chi connectivity index (χ1n) is 7.67. The lowest BCUT2D eigenvalue weighted by Gasteiger charge is -2.27. The van der Waals surface area contributed by atoms with Crippen LogP contribution < -0.4 is 0 Å². The lowest BCUT2D eigenvalue weighted by molar-refractivity contribution is 0.208. The van der Waals surface area contributed by atoms with E-state index in [-0.39, 0.29) is 11.3 Å². The van der Waals surface area contributed by atoms with E-state index in [0.29, 0.717) is 26.1 Å². The molecule has 0 amide bonds. The van der Waals surface area contributed by atoms with Crippen molar-refractivity contribution in [1.82, 2.24) is 18.8 Å². The highest BCUT2D eigenvalue weighted by Crippen LogP contribution is 2.31. The van der Waals surface area contributed by atoms with Crippen molar-refractivity contribution >= 4 is 10.0 Å². The monoisotopic (exact) mass is 330 g/mol. The Morgan fingerprint density at radius 2 is 2.18 bits per heavy atom. The summed E-state index contributed by atoms with van der Waals surface area (Å²) >= 11 is 0. The van der Waals surface area contributed by atoms with Gasteiger partial charge in [-0.2, -0.15) is 0 Å². The predicted molar refractivity (Wildman–Crippen MR) is 81.5 cm³/mol. The molecule has 22 heavy (non-hydrogen) atoms. The van der Waals surface area contributed by atoms with Gasteiger partial charge >= 0.3 is 0 Å². The largest absolute Gasteiger partial charge is 0.337 e. The molecular weight excluding hydrogens is 307 g/mol. The van der Waals surface area contributed by atoms with Crippen molar-refractivity contribution < 1.29 is 12.8 Å². The van der Waals surface area contributed by atoms with E-state index in [9.17, 15) is 12.8 Å². The lowest BCUT2D eigenvalue weighted by Crippen LogP contribution is -2.42. The maximum absolute atomic E-state index is 13.8. The molecule has 3 rings (SSSR count). The van der Waals surface area contributed by atoms with Crippen LogP contribution in [0.1, 0.15) is 25.1 Å². The summed E-state index contributed by atoms with van der Waals surface area (Å²) in [6.07, 6.45) is 4.56. The molecule has 0 unspecified atom stereocenters. The third-order valence-electron chi connectivity index (χ3n) is 4.59. The van der Waals surface area contributed by atoms with Gasteiger partial charge in [-0.3, -0.25) is 4.90 Å². The number of aryl methyl sites for hydroxylation is 1.